The van der Waals surface area contributed by atoms with Gasteiger partial charge in [-0.3, -0.25) is 0 Å². The highest BCUT2D eigenvalue weighted by Gasteiger charge is 2.43. The van der Waals surface area contributed by atoms with Gasteiger partial charge in [0.2, 0.25) is 0 Å². The van der Waals surface area contributed by atoms with Crippen LogP contribution in [0.2, 0.25) is 0 Å². The molecule has 0 radical (unpaired) electrons. The third-order valence-electron chi connectivity index (χ3n) is 4.64. The van der Waals surface area contributed by atoms with Crippen LogP contribution >= 0.6 is 0 Å². The maximum Gasteiger partial charge on any atom is 0.140 e. The zero-order valence-corrected chi connectivity index (χ0v) is 11.4. The molecule has 2 atom stereocenters. The molecule has 1 aliphatic heterocycles. The Balaban J connectivity index is 1.89. The molecule has 2 fully saturated rings. The van der Waals surface area contributed by atoms with E-state index in [1.165, 1.54) is 19.3 Å². The molecule has 0 amide bonds. The Hall–Kier alpha value is -0.810. The number of hydrogen-bond acceptors (Lipinski definition) is 4. The van der Waals surface area contributed by atoms with Crippen molar-refractivity contribution in [1.82, 2.24) is 4.90 Å². The molecule has 5 heteroatoms. The second-order valence-corrected chi connectivity index (χ2v) is 5.84. The summed E-state index contributed by atoms with van der Waals surface area (Å²) in [6.07, 6.45) is 6.55. The minimum Gasteiger partial charge on any atom is -0.409 e. The largest absolute Gasteiger partial charge is 0.409 e. The highest BCUT2D eigenvalue weighted by molar-refractivity contribution is 5.80. The van der Waals surface area contributed by atoms with Crippen molar-refractivity contribution in [3.63, 3.8) is 0 Å². The molecule has 18 heavy (non-hydrogen) atoms. The maximum atomic E-state index is 8.63. The Morgan fingerprint density at radius 2 is 2.33 bits per heavy atom. The van der Waals surface area contributed by atoms with Crippen LogP contribution in [-0.4, -0.2) is 47.3 Å². The quantitative estimate of drug-likeness (QED) is 0.346. The van der Waals surface area contributed by atoms with Crippen LogP contribution in [0.4, 0.5) is 0 Å². The number of rotatable bonds is 4. The monoisotopic (exact) mass is 255 g/mol. The van der Waals surface area contributed by atoms with Crippen molar-refractivity contribution in [3.05, 3.63) is 0 Å². The molecule has 0 bridgehead atoms. The van der Waals surface area contributed by atoms with Crippen LogP contribution in [0.5, 0.6) is 0 Å². The first-order valence-electron chi connectivity index (χ1n) is 6.89. The molecular weight excluding hydrogens is 230 g/mol. The van der Waals surface area contributed by atoms with Crippen LogP contribution in [0, 0.1) is 0 Å². The minimum atomic E-state index is 0.174. The molecule has 1 saturated carbocycles. The van der Waals surface area contributed by atoms with Crippen LogP contribution < -0.4 is 5.73 Å². The molecule has 0 aromatic carbocycles. The number of hydrogen-bond donors (Lipinski definition) is 2. The number of ether oxygens (including phenoxy) is 1. The lowest BCUT2D eigenvalue weighted by atomic mass is 9.73. The average Bonchev–Trinajstić information content (AvgIpc) is 2.35. The van der Waals surface area contributed by atoms with Gasteiger partial charge in [0.1, 0.15) is 5.84 Å². The average molecular weight is 255 g/mol. The highest BCUT2D eigenvalue weighted by atomic mass is 16.5. The number of amidine groups is 1. The third-order valence-corrected chi connectivity index (χ3v) is 4.64. The number of nitrogens with zero attached hydrogens (tertiary/aromatic N) is 2. The lowest BCUT2D eigenvalue weighted by Crippen LogP contribution is -2.53. The van der Waals surface area contributed by atoms with Gasteiger partial charge in [0.15, 0.2) is 0 Å². The smallest absolute Gasteiger partial charge is 0.140 e. The van der Waals surface area contributed by atoms with Gasteiger partial charge in [-0.1, -0.05) is 5.16 Å². The second kappa shape index (κ2) is 5.45. The van der Waals surface area contributed by atoms with Gasteiger partial charge in [0.25, 0.3) is 0 Å². The summed E-state index contributed by atoms with van der Waals surface area (Å²) in [5.74, 6) is 0.305. The Morgan fingerprint density at radius 1 is 1.61 bits per heavy atom. The molecule has 104 valence electrons. The van der Waals surface area contributed by atoms with Crippen molar-refractivity contribution in [2.45, 2.75) is 63.1 Å². The zero-order chi connectivity index (χ0) is 13.2. The SMILES string of the molecule is CC(CC(N)=NO)N(C)C1CCOC2(CCC2)C1. The van der Waals surface area contributed by atoms with Gasteiger partial charge in [-0.2, -0.15) is 0 Å². The van der Waals surface area contributed by atoms with Crippen LogP contribution in [0.25, 0.3) is 0 Å². The van der Waals surface area contributed by atoms with Gasteiger partial charge in [0.05, 0.1) is 5.60 Å². The van der Waals surface area contributed by atoms with E-state index in [9.17, 15) is 0 Å². The van der Waals surface area contributed by atoms with E-state index in [0.717, 1.165) is 19.4 Å². The van der Waals surface area contributed by atoms with Crippen LogP contribution in [0.1, 0.15) is 45.4 Å². The van der Waals surface area contributed by atoms with E-state index in [-0.39, 0.29) is 5.60 Å². The van der Waals surface area contributed by atoms with Gasteiger partial charge < -0.3 is 20.6 Å². The molecule has 0 aromatic heterocycles. The van der Waals surface area contributed by atoms with Crippen molar-refractivity contribution in [2.24, 2.45) is 10.9 Å². The van der Waals surface area contributed by atoms with Crippen molar-refractivity contribution in [2.75, 3.05) is 13.7 Å². The Labute approximate surface area is 109 Å². The number of nitrogens with two attached hydrogens (primary N) is 1. The molecule has 3 N–H and O–H groups in total. The van der Waals surface area contributed by atoms with Crippen molar-refractivity contribution in [1.29, 1.82) is 0 Å². The van der Waals surface area contributed by atoms with Gasteiger partial charge in [-0.05, 0) is 46.1 Å². The fourth-order valence-corrected chi connectivity index (χ4v) is 3.12. The molecular formula is C13H25N3O2. The predicted octanol–water partition coefficient (Wildman–Crippen LogP) is 1.54. The number of oxime groups is 1. The van der Waals surface area contributed by atoms with E-state index >= 15 is 0 Å². The van der Waals surface area contributed by atoms with Crippen LogP contribution in [0.15, 0.2) is 5.16 Å². The van der Waals surface area contributed by atoms with Crippen LogP contribution in [-0.2, 0) is 4.74 Å². The summed E-state index contributed by atoms with van der Waals surface area (Å²) < 4.78 is 5.95. The van der Waals surface area contributed by atoms with E-state index in [4.69, 9.17) is 15.7 Å². The van der Waals surface area contributed by atoms with Crippen molar-refractivity contribution >= 4 is 5.84 Å². The molecule has 1 heterocycles. The van der Waals surface area contributed by atoms with E-state index in [1.807, 2.05) is 0 Å². The van der Waals surface area contributed by atoms with Gasteiger partial charge in [-0.15, -0.1) is 0 Å². The second-order valence-electron chi connectivity index (χ2n) is 5.84. The summed E-state index contributed by atoms with van der Waals surface area (Å²) in [5, 5.41) is 11.7. The van der Waals surface area contributed by atoms with E-state index < -0.39 is 0 Å². The summed E-state index contributed by atoms with van der Waals surface area (Å²) in [6.45, 7) is 2.99. The lowest BCUT2D eigenvalue weighted by Gasteiger charge is -2.49. The molecule has 2 aliphatic rings. The Bertz CT molecular complexity index is 315. The third kappa shape index (κ3) is 2.78. The van der Waals surface area contributed by atoms with Crippen LogP contribution in [0.3, 0.4) is 0 Å². The van der Waals surface area contributed by atoms with Crippen molar-refractivity contribution in [3.8, 4) is 0 Å². The lowest BCUT2D eigenvalue weighted by molar-refractivity contribution is -0.149. The maximum absolute atomic E-state index is 8.63. The van der Waals surface area contributed by atoms with E-state index in [1.54, 1.807) is 0 Å². The predicted molar refractivity (Wildman–Crippen MR) is 70.8 cm³/mol. The Kier molecular flexibility index (Phi) is 4.12. The van der Waals surface area contributed by atoms with Crippen molar-refractivity contribution < 1.29 is 9.94 Å². The van der Waals surface area contributed by atoms with E-state index in [2.05, 4.69) is 24.0 Å². The fourth-order valence-electron chi connectivity index (χ4n) is 3.12. The van der Waals surface area contributed by atoms with E-state index in [0.29, 0.717) is 24.3 Å². The molecule has 2 unspecified atom stereocenters. The molecule has 1 spiro atoms. The Morgan fingerprint density at radius 3 is 2.89 bits per heavy atom. The minimum absolute atomic E-state index is 0.174. The summed E-state index contributed by atoms with van der Waals surface area (Å²) >= 11 is 0. The van der Waals surface area contributed by atoms with Gasteiger partial charge in [0, 0.05) is 25.1 Å². The summed E-state index contributed by atoms with van der Waals surface area (Å²) in [7, 11) is 2.14. The fraction of sp³-hybridized carbons (Fsp3) is 0.923. The summed E-state index contributed by atoms with van der Waals surface area (Å²) in [4.78, 5) is 2.36. The summed E-state index contributed by atoms with van der Waals surface area (Å²) in [6, 6.07) is 0.849. The molecule has 0 aromatic rings. The first-order valence-corrected chi connectivity index (χ1v) is 6.89. The molecule has 1 saturated heterocycles. The topological polar surface area (TPSA) is 71.1 Å². The van der Waals surface area contributed by atoms with Gasteiger partial charge in [-0.25, -0.2) is 0 Å². The van der Waals surface area contributed by atoms with Gasteiger partial charge >= 0.3 is 0 Å². The molecule has 1 aliphatic carbocycles. The first-order chi connectivity index (χ1) is 8.56. The first kappa shape index (κ1) is 13.6. The standard InChI is InChI=1S/C13H25N3O2/c1-10(8-12(14)15-17)16(2)11-4-7-18-13(9-11)5-3-6-13/h10-11,17H,3-9H2,1-2H3,(H2,14,15). The molecule has 2 rings (SSSR count). The zero-order valence-electron chi connectivity index (χ0n) is 11.4. The summed E-state index contributed by atoms with van der Waals surface area (Å²) in [5.41, 5.74) is 5.75. The normalized spacial score (nSPS) is 29.3. The highest BCUT2D eigenvalue weighted by Crippen LogP contribution is 2.43. The molecule has 5 nitrogen and oxygen atoms in total.